The maximum absolute atomic E-state index is 7.75. The van der Waals surface area contributed by atoms with E-state index >= 15 is 0 Å². The Labute approximate surface area is 54.9 Å². The van der Waals surface area contributed by atoms with Gasteiger partial charge in [-0.25, -0.2) is 0 Å². The first-order chi connectivity index (χ1) is 2.73. The quantitative estimate of drug-likeness (QED) is 0.207. The van der Waals surface area contributed by atoms with Crippen LogP contribution >= 0.6 is 8.60 Å². The third-order valence-corrected chi connectivity index (χ3v) is 0. The minimum atomic E-state index is -2.62. The number of hydrogen-bond donors (Lipinski definition) is 3. The summed E-state index contributed by atoms with van der Waals surface area (Å²) in [4.78, 5) is 29.4. The summed E-state index contributed by atoms with van der Waals surface area (Å²) in [5, 5.41) is 0. The summed E-state index contributed by atoms with van der Waals surface area (Å²) in [5.41, 5.74) is 0. The van der Waals surface area contributed by atoms with Crippen molar-refractivity contribution in [3.63, 3.8) is 0 Å². The summed E-state index contributed by atoms with van der Waals surface area (Å²) in [6.45, 7) is 3.25. The van der Waals surface area contributed by atoms with Gasteiger partial charge < -0.3 is 19.5 Å². The molecule has 4 nitrogen and oxygen atoms in total. The average Bonchev–Trinajstić information content (AvgIpc) is 1.41. The Morgan fingerprint density at radius 3 is 1.14 bits per heavy atom. The average molecular weight is 214 g/mol. The fraction of sp³-hybridized carbons (Fsp3) is 0. The molecule has 3 N–H and O–H groups in total. The SMILES string of the molecule is OP(O)O.[CH-]=O.[Rh]. The van der Waals surface area contributed by atoms with Gasteiger partial charge in [-0.15, -0.1) is 0 Å². The smallest absolute Gasteiger partial charge is 0.324 e. The monoisotopic (exact) mass is 214 g/mol. The molecule has 1 radical (unpaired) electrons. The van der Waals surface area contributed by atoms with Gasteiger partial charge in [-0.2, -0.15) is 0 Å². The second kappa shape index (κ2) is 16.0. The van der Waals surface area contributed by atoms with Gasteiger partial charge in [0.15, 0.2) is 0 Å². The van der Waals surface area contributed by atoms with Crippen LogP contribution in [0.15, 0.2) is 0 Å². The van der Waals surface area contributed by atoms with E-state index in [1.807, 2.05) is 0 Å². The van der Waals surface area contributed by atoms with E-state index in [9.17, 15) is 0 Å². The summed E-state index contributed by atoms with van der Waals surface area (Å²) >= 11 is 0. The van der Waals surface area contributed by atoms with Crippen molar-refractivity contribution in [1.82, 2.24) is 0 Å². The van der Waals surface area contributed by atoms with Crippen LogP contribution in [0.3, 0.4) is 0 Å². The molecule has 0 saturated carbocycles. The van der Waals surface area contributed by atoms with E-state index in [-0.39, 0.29) is 19.5 Å². The van der Waals surface area contributed by atoms with Gasteiger partial charge in [0.1, 0.15) is 0 Å². The van der Waals surface area contributed by atoms with Gasteiger partial charge >= 0.3 is 8.60 Å². The Hall–Kier alpha value is 0.603. The minimum absolute atomic E-state index is 0. The van der Waals surface area contributed by atoms with E-state index in [0.29, 0.717) is 0 Å². The molecule has 0 rings (SSSR count). The summed E-state index contributed by atoms with van der Waals surface area (Å²) in [6.07, 6.45) is 0. The van der Waals surface area contributed by atoms with Crippen LogP contribution in [0.2, 0.25) is 0 Å². The van der Waals surface area contributed by atoms with Gasteiger partial charge in [-0.3, -0.25) is 6.79 Å². The molecule has 0 atom stereocenters. The van der Waals surface area contributed by atoms with E-state index < -0.39 is 8.60 Å². The Bertz CT molecular complexity index is 22.9. The molecule has 6 heteroatoms. The van der Waals surface area contributed by atoms with Crippen LogP contribution in [0.4, 0.5) is 0 Å². The normalized spacial score (nSPS) is 5.71. The van der Waals surface area contributed by atoms with Gasteiger partial charge in [-0.05, 0) is 0 Å². The molecule has 7 heavy (non-hydrogen) atoms. The van der Waals surface area contributed by atoms with Crippen LogP contribution in [0.25, 0.3) is 0 Å². The van der Waals surface area contributed by atoms with Crippen LogP contribution in [-0.2, 0) is 24.3 Å². The number of hydrogen-bond acceptors (Lipinski definition) is 4. The zero-order chi connectivity index (χ0) is 5.58. The predicted molar refractivity (Wildman–Crippen MR) is 20.3 cm³/mol. The zero-order valence-electron chi connectivity index (χ0n) is 3.11. The third-order valence-electron chi connectivity index (χ3n) is 0. The zero-order valence-corrected chi connectivity index (χ0v) is 5.64. The van der Waals surface area contributed by atoms with Crippen LogP contribution < -0.4 is 0 Å². The van der Waals surface area contributed by atoms with E-state index in [4.69, 9.17) is 19.5 Å². The standard InChI is InChI=1S/CHO.H3O3P.Rh/c1-2;1-4(2)3;/h1H;1-3H;/q-1;;. The minimum Gasteiger partial charge on any atom is -0.545 e. The van der Waals surface area contributed by atoms with E-state index in [1.54, 1.807) is 0 Å². The molecule has 0 spiro atoms. The van der Waals surface area contributed by atoms with Gasteiger partial charge in [0.25, 0.3) is 0 Å². The molecule has 0 fully saturated rings. The van der Waals surface area contributed by atoms with E-state index in [0.717, 1.165) is 0 Å². The first-order valence-electron chi connectivity index (χ1n) is 0.836. The molecule has 0 aliphatic carbocycles. The van der Waals surface area contributed by atoms with Crippen molar-refractivity contribution < 1.29 is 39.0 Å². The Morgan fingerprint density at radius 2 is 1.14 bits per heavy atom. The maximum Gasteiger partial charge on any atom is 0.324 e. The Kier molecular flexibility index (Phi) is 35.7. The first-order valence-corrected chi connectivity index (χ1v) is 2.04. The van der Waals surface area contributed by atoms with Crippen molar-refractivity contribution in [3.05, 3.63) is 0 Å². The van der Waals surface area contributed by atoms with E-state index in [2.05, 4.69) is 6.79 Å². The molecule has 47 valence electrons. The van der Waals surface area contributed by atoms with Crippen molar-refractivity contribution >= 4 is 15.4 Å². The predicted octanol–water partition coefficient (Wildman–Crippen LogP) is -1.09. The van der Waals surface area contributed by atoms with Crippen molar-refractivity contribution in [3.8, 4) is 0 Å². The second-order valence-corrected chi connectivity index (χ2v) is 0.805. The molecule has 0 heterocycles. The molecule has 0 bridgehead atoms. The van der Waals surface area contributed by atoms with Crippen molar-refractivity contribution in [2.24, 2.45) is 0 Å². The second-order valence-electron chi connectivity index (χ2n) is 0.268. The topological polar surface area (TPSA) is 77.8 Å². The molecule has 0 aliphatic rings. The Balaban J connectivity index is -0.0000000480. The van der Waals surface area contributed by atoms with Crippen LogP contribution in [0, 0.1) is 0 Å². The summed E-state index contributed by atoms with van der Waals surface area (Å²) in [6, 6.07) is 0. The molecule has 0 aromatic carbocycles. The van der Waals surface area contributed by atoms with Crippen LogP contribution in [0.5, 0.6) is 0 Å². The molecular weight excluding hydrogens is 210 g/mol. The molecule has 0 aromatic rings. The summed E-state index contributed by atoms with van der Waals surface area (Å²) in [7, 11) is -2.62. The molecule has 0 unspecified atom stereocenters. The fourth-order valence-electron chi connectivity index (χ4n) is 0. The van der Waals surface area contributed by atoms with E-state index in [1.165, 1.54) is 0 Å². The van der Waals surface area contributed by atoms with Gasteiger partial charge in [-0.1, -0.05) is 0 Å². The molecular formula is CH4O4PRh-. The van der Waals surface area contributed by atoms with Crippen molar-refractivity contribution in [1.29, 1.82) is 0 Å². The van der Waals surface area contributed by atoms with Crippen molar-refractivity contribution in [2.45, 2.75) is 0 Å². The number of rotatable bonds is 0. The third kappa shape index (κ3) is 384. The van der Waals surface area contributed by atoms with Crippen molar-refractivity contribution in [2.75, 3.05) is 0 Å². The molecule has 0 amide bonds. The maximum atomic E-state index is 7.75. The van der Waals surface area contributed by atoms with Gasteiger partial charge in [0, 0.05) is 19.5 Å². The largest absolute Gasteiger partial charge is 0.545 e. The molecule has 0 aromatic heterocycles. The summed E-state index contributed by atoms with van der Waals surface area (Å²) < 4.78 is 0. The van der Waals surface area contributed by atoms with Gasteiger partial charge in [0.2, 0.25) is 0 Å². The summed E-state index contributed by atoms with van der Waals surface area (Å²) in [5.74, 6) is 0. The van der Waals surface area contributed by atoms with Crippen LogP contribution in [0.1, 0.15) is 0 Å². The number of carbonyl (C=O) groups excluding carboxylic acids is 1. The Morgan fingerprint density at radius 1 is 1.14 bits per heavy atom. The van der Waals surface area contributed by atoms with Crippen LogP contribution in [-0.4, -0.2) is 21.5 Å². The molecule has 0 saturated heterocycles. The molecule has 0 aliphatic heterocycles. The fourth-order valence-corrected chi connectivity index (χ4v) is 0. The van der Waals surface area contributed by atoms with Gasteiger partial charge in [0.05, 0.1) is 0 Å². The first kappa shape index (κ1) is 15.6.